The molecule has 1 heteroatoms. The van der Waals surface area contributed by atoms with Crippen LogP contribution in [0.3, 0.4) is 0 Å². The Morgan fingerprint density at radius 1 is 0.938 bits per heavy atom. The van der Waals surface area contributed by atoms with Crippen LogP contribution in [0.1, 0.15) is 43.8 Å². The molecule has 1 nitrogen and oxygen atoms in total. The number of rotatable bonds is 1. The minimum Gasteiger partial charge on any atom is -0.373 e. The van der Waals surface area contributed by atoms with Gasteiger partial charge in [-0.2, -0.15) is 0 Å². The molecule has 1 aromatic rings. The maximum atomic E-state index is 6.03. The van der Waals surface area contributed by atoms with Crippen molar-refractivity contribution in [3.63, 3.8) is 0 Å². The summed E-state index contributed by atoms with van der Waals surface area (Å²) in [4.78, 5) is 0. The highest BCUT2D eigenvalue weighted by atomic mass is 16.5. The summed E-state index contributed by atoms with van der Waals surface area (Å²) in [5.41, 5.74) is 1.37. The number of hydrogen-bond donors (Lipinski definition) is 0. The molecule has 1 saturated heterocycles. The number of fused-ring (bicyclic) bond motifs is 1. The largest absolute Gasteiger partial charge is 0.373 e. The van der Waals surface area contributed by atoms with Gasteiger partial charge in [0.1, 0.15) is 0 Å². The van der Waals surface area contributed by atoms with Crippen LogP contribution in [0, 0.1) is 11.8 Å². The smallest absolute Gasteiger partial charge is 0.0827 e. The third kappa shape index (κ3) is 2.01. The highest BCUT2D eigenvalue weighted by molar-refractivity contribution is 5.18. The van der Waals surface area contributed by atoms with Gasteiger partial charge >= 0.3 is 0 Å². The first kappa shape index (κ1) is 10.3. The summed E-state index contributed by atoms with van der Waals surface area (Å²) >= 11 is 0. The monoisotopic (exact) mass is 216 g/mol. The molecule has 0 radical (unpaired) electrons. The van der Waals surface area contributed by atoms with Gasteiger partial charge in [-0.1, -0.05) is 43.2 Å². The van der Waals surface area contributed by atoms with E-state index in [1.807, 2.05) is 0 Å². The molecule has 3 atom stereocenters. The van der Waals surface area contributed by atoms with Crippen LogP contribution in [-0.4, -0.2) is 6.61 Å². The lowest BCUT2D eigenvalue weighted by molar-refractivity contribution is -0.0612. The Balaban J connectivity index is 1.71. The second-order valence-corrected chi connectivity index (χ2v) is 5.27. The molecule has 1 heterocycles. The van der Waals surface area contributed by atoms with E-state index >= 15 is 0 Å². The van der Waals surface area contributed by atoms with E-state index in [-0.39, 0.29) is 0 Å². The van der Waals surface area contributed by atoms with Crippen molar-refractivity contribution >= 4 is 0 Å². The van der Waals surface area contributed by atoms with Crippen LogP contribution >= 0.6 is 0 Å². The van der Waals surface area contributed by atoms with Gasteiger partial charge in [0.05, 0.1) is 12.7 Å². The fraction of sp³-hybridized carbons (Fsp3) is 0.600. The molecule has 86 valence electrons. The summed E-state index contributed by atoms with van der Waals surface area (Å²) in [6.07, 6.45) is 7.28. The van der Waals surface area contributed by atoms with Crippen LogP contribution in [0.4, 0.5) is 0 Å². The first-order valence-corrected chi connectivity index (χ1v) is 6.60. The molecule has 0 aromatic heterocycles. The Kier molecular flexibility index (Phi) is 2.96. The average molecular weight is 216 g/mol. The second kappa shape index (κ2) is 4.58. The van der Waals surface area contributed by atoms with Crippen LogP contribution in [0.15, 0.2) is 30.3 Å². The van der Waals surface area contributed by atoms with Gasteiger partial charge in [0.15, 0.2) is 0 Å². The lowest BCUT2D eigenvalue weighted by Crippen LogP contribution is -2.31. The lowest BCUT2D eigenvalue weighted by Gasteiger charge is -2.39. The van der Waals surface area contributed by atoms with E-state index in [0.29, 0.717) is 6.10 Å². The Morgan fingerprint density at radius 2 is 1.69 bits per heavy atom. The Bertz CT molecular complexity index is 333. The quantitative estimate of drug-likeness (QED) is 0.690. The molecule has 0 spiro atoms. The molecule has 1 saturated carbocycles. The summed E-state index contributed by atoms with van der Waals surface area (Å²) in [6, 6.07) is 10.7. The Morgan fingerprint density at radius 3 is 2.50 bits per heavy atom. The molecule has 0 unspecified atom stereocenters. The molecule has 3 rings (SSSR count). The van der Waals surface area contributed by atoms with Gasteiger partial charge in [-0.05, 0) is 36.7 Å². The first-order valence-electron chi connectivity index (χ1n) is 6.60. The molecule has 0 amide bonds. The summed E-state index contributed by atoms with van der Waals surface area (Å²) in [5.74, 6) is 1.78. The lowest BCUT2D eigenvalue weighted by atomic mass is 9.74. The van der Waals surface area contributed by atoms with E-state index < -0.39 is 0 Å². The molecule has 2 aliphatic rings. The predicted octanol–water partition coefficient (Wildman–Crippen LogP) is 3.95. The Hall–Kier alpha value is -0.820. The number of benzene rings is 1. The van der Waals surface area contributed by atoms with E-state index in [2.05, 4.69) is 30.3 Å². The highest BCUT2D eigenvalue weighted by Gasteiger charge is 2.33. The van der Waals surface area contributed by atoms with E-state index in [1.54, 1.807) is 0 Å². The van der Waals surface area contributed by atoms with Crippen LogP contribution in [0.5, 0.6) is 0 Å². The SMILES string of the molecule is c1ccc([C@H]2C[C@@H]3CCCC[C@H]3CO2)cc1. The van der Waals surface area contributed by atoms with Crippen molar-refractivity contribution in [3.8, 4) is 0 Å². The molecular formula is C15H20O. The molecule has 1 aliphatic carbocycles. The second-order valence-electron chi connectivity index (χ2n) is 5.27. The van der Waals surface area contributed by atoms with Gasteiger partial charge in [-0.25, -0.2) is 0 Å². The van der Waals surface area contributed by atoms with Gasteiger partial charge in [0.25, 0.3) is 0 Å². The minimum absolute atomic E-state index is 0.362. The van der Waals surface area contributed by atoms with Crippen LogP contribution < -0.4 is 0 Å². The molecule has 1 aromatic carbocycles. The highest BCUT2D eigenvalue weighted by Crippen LogP contribution is 2.41. The maximum absolute atomic E-state index is 6.03. The zero-order valence-electron chi connectivity index (χ0n) is 9.77. The Labute approximate surface area is 97.8 Å². The van der Waals surface area contributed by atoms with E-state index in [1.165, 1.54) is 37.7 Å². The fourth-order valence-corrected chi connectivity index (χ4v) is 3.30. The van der Waals surface area contributed by atoms with Crippen molar-refractivity contribution in [1.29, 1.82) is 0 Å². The summed E-state index contributed by atoms with van der Waals surface area (Å²) in [6.45, 7) is 0.990. The van der Waals surface area contributed by atoms with E-state index in [9.17, 15) is 0 Å². The van der Waals surface area contributed by atoms with Gasteiger partial charge in [0, 0.05) is 0 Å². The van der Waals surface area contributed by atoms with E-state index in [4.69, 9.17) is 4.74 Å². The van der Waals surface area contributed by atoms with Crippen molar-refractivity contribution in [2.24, 2.45) is 11.8 Å². The summed E-state index contributed by atoms with van der Waals surface area (Å²) in [5, 5.41) is 0. The molecule has 2 fully saturated rings. The third-order valence-corrected chi connectivity index (χ3v) is 4.27. The van der Waals surface area contributed by atoms with Crippen LogP contribution in [-0.2, 0) is 4.74 Å². The number of hydrogen-bond acceptors (Lipinski definition) is 1. The van der Waals surface area contributed by atoms with Gasteiger partial charge < -0.3 is 4.74 Å². The van der Waals surface area contributed by atoms with E-state index in [0.717, 1.165) is 18.4 Å². The standard InChI is InChI=1S/C15H20O/c1-2-6-12(7-3-1)15-10-13-8-4-5-9-14(13)11-16-15/h1-3,6-7,13-15H,4-5,8-11H2/t13-,14-,15+/m0/s1. The summed E-state index contributed by atoms with van der Waals surface area (Å²) < 4.78 is 6.03. The fourth-order valence-electron chi connectivity index (χ4n) is 3.30. The maximum Gasteiger partial charge on any atom is 0.0827 e. The molecule has 1 aliphatic heterocycles. The normalized spacial score (nSPS) is 34.4. The number of ether oxygens (including phenoxy) is 1. The predicted molar refractivity (Wildman–Crippen MR) is 65.2 cm³/mol. The van der Waals surface area contributed by atoms with Crippen LogP contribution in [0.25, 0.3) is 0 Å². The zero-order valence-corrected chi connectivity index (χ0v) is 9.77. The van der Waals surface area contributed by atoms with Crippen molar-refractivity contribution in [2.45, 2.75) is 38.2 Å². The third-order valence-electron chi connectivity index (χ3n) is 4.27. The zero-order chi connectivity index (χ0) is 10.8. The molecule has 16 heavy (non-hydrogen) atoms. The average Bonchev–Trinajstić information content (AvgIpc) is 2.39. The van der Waals surface area contributed by atoms with Crippen molar-refractivity contribution in [1.82, 2.24) is 0 Å². The van der Waals surface area contributed by atoms with Crippen molar-refractivity contribution in [3.05, 3.63) is 35.9 Å². The van der Waals surface area contributed by atoms with Crippen molar-refractivity contribution < 1.29 is 4.74 Å². The van der Waals surface area contributed by atoms with Crippen LogP contribution in [0.2, 0.25) is 0 Å². The molecule has 0 N–H and O–H groups in total. The van der Waals surface area contributed by atoms with Crippen molar-refractivity contribution in [2.75, 3.05) is 6.61 Å². The van der Waals surface area contributed by atoms with Gasteiger partial charge in [0.2, 0.25) is 0 Å². The van der Waals surface area contributed by atoms with Gasteiger partial charge in [-0.3, -0.25) is 0 Å². The molecular weight excluding hydrogens is 196 g/mol. The minimum atomic E-state index is 0.362. The van der Waals surface area contributed by atoms with Gasteiger partial charge in [-0.15, -0.1) is 0 Å². The summed E-state index contributed by atoms with van der Waals surface area (Å²) in [7, 11) is 0. The first-order chi connectivity index (χ1) is 7.93. The molecule has 0 bridgehead atoms. The topological polar surface area (TPSA) is 9.23 Å².